The van der Waals surface area contributed by atoms with Gasteiger partial charge in [0, 0.05) is 6.92 Å². The van der Waals surface area contributed by atoms with Crippen LogP contribution in [0.2, 0.25) is 10.0 Å². The van der Waals surface area contributed by atoms with Gasteiger partial charge in [-0.2, -0.15) is 0 Å². The van der Waals surface area contributed by atoms with Crippen LogP contribution in [0, 0.1) is 6.92 Å². The molecule has 1 aliphatic heterocycles. The fourth-order valence-corrected chi connectivity index (χ4v) is 5.92. The number of hydrogen-bond donors (Lipinski definition) is 2. The van der Waals surface area contributed by atoms with E-state index in [4.69, 9.17) is 27.9 Å². The minimum atomic E-state index is -4.09. The fourth-order valence-electron chi connectivity index (χ4n) is 3.74. The van der Waals surface area contributed by atoms with Gasteiger partial charge in [-0.25, -0.2) is 13.4 Å². The summed E-state index contributed by atoms with van der Waals surface area (Å²) in [5.41, 5.74) is 1.13. The molecule has 1 aromatic heterocycles. The molecule has 0 saturated carbocycles. The van der Waals surface area contributed by atoms with Gasteiger partial charge in [0.2, 0.25) is 11.8 Å². The molecule has 12 heteroatoms. The number of aryl methyl sites for hydroxylation is 1. The van der Waals surface area contributed by atoms with Gasteiger partial charge < -0.3 is 15.4 Å². The third-order valence-electron chi connectivity index (χ3n) is 5.34. The number of nitrogens with zero attached hydrogens (tertiary/aromatic N) is 2. The number of sulfonamides is 1. The van der Waals surface area contributed by atoms with E-state index in [1.165, 1.54) is 37.4 Å². The highest BCUT2D eigenvalue weighted by molar-refractivity contribution is 7.92. The molecule has 1 atom stereocenters. The molecule has 1 unspecified atom stereocenters. The Morgan fingerprint density at radius 1 is 1.11 bits per heavy atom. The Kier molecular flexibility index (Phi) is 7.39. The van der Waals surface area contributed by atoms with Crippen LogP contribution >= 0.6 is 23.2 Å². The number of aromatic nitrogens is 1. The number of benzene rings is 2. The summed E-state index contributed by atoms with van der Waals surface area (Å²) < 4.78 is 34.3. The molecule has 4 rings (SSSR count). The molecule has 0 bridgehead atoms. The first kappa shape index (κ1) is 25.7. The van der Waals surface area contributed by atoms with E-state index in [0.29, 0.717) is 0 Å². The Bertz CT molecular complexity index is 1430. The van der Waals surface area contributed by atoms with E-state index in [-0.39, 0.29) is 56.8 Å². The van der Waals surface area contributed by atoms with Crippen LogP contribution < -0.4 is 19.7 Å². The van der Waals surface area contributed by atoms with Gasteiger partial charge in [-0.3, -0.25) is 13.9 Å². The van der Waals surface area contributed by atoms with Gasteiger partial charge in [-0.15, -0.1) is 0 Å². The predicted octanol–water partition coefficient (Wildman–Crippen LogP) is 4.04. The van der Waals surface area contributed by atoms with Crippen molar-refractivity contribution in [3.8, 4) is 5.88 Å². The van der Waals surface area contributed by atoms with Crippen LogP contribution in [0.3, 0.4) is 0 Å². The third-order valence-corrected chi connectivity index (χ3v) is 7.75. The van der Waals surface area contributed by atoms with Gasteiger partial charge in [-0.1, -0.05) is 41.4 Å². The van der Waals surface area contributed by atoms with Crippen LogP contribution in [0.5, 0.6) is 5.88 Å². The van der Waals surface area contributed by atoms with Gasteiger partial charge in [0.15, 0.2) is 0 Å². The number of fused-ring (bicyclic) bond motifs is 1. The van der Waals surface area contributed by atoms with Gasteiger partial charge in [0.25, 0.3) is 15.9 Å². The first-order valence-corrected chi connectivity index (χ1v) is 13.0. The minimum absolute atomic E-state index is 0.000352. The number of ether oxygens (including phenoxy) is 1. The van der Waals surface area contributed by atoms with Crippen molar-refractivity contribution in [2.75, 3.05) is 22.8 Å². The number of hydrogen-bond acceptors (Lipinski definition) is 6. The van der Waals surface area contributed by atoms with E-state index in [1.807, 2.05) is 0 Å². The molecule has 2 aromatic carbocycles. The average molecular weight is 549 g/mol. The first-order valence-electron chi connectivity index (χ1n) is 10.8. The van der Waals surface area contributed by atoms with E-state index in [2.05, 4.69) is 15.6 Å². The number of pyridine rings is 1. The second kappa shape index (κ2) is 10.3. The summed E-state index contributed by atoms with van der Waals surface area (Å²) in [5.74, 6) is -0.890. The number of amides is 2. The second-order valence-corrected chi connectivity index (χ2v) is 10.8. The number of rotatable bonds is 5. The maximum Gasteiger partial charge on any atom is 0.264 e. The summed E-state index contributed by atoms with van der Waals surface area (Å²) in [4.78, 5) is 28.9. The normalized spacial score (nSPS) is 15.3. The van der Waals surface area contributed by atoms with E-state index >= 15 is 0 Å². The van der Waals surface area contributed by atoms with Crippen molar-refractivity contribution in [1.29, 1.82) is 0 Å². The van der Waals surface area contributed by atoms with Gasteiger partial charge in [0.1, 0.15) is 12.3 Å². The summed E-state index contributed by atoms with van der Waals surface area (Å²) in [6.07, 6.45) is 1.33. The standard InChI is InChI=1S/C24H22Cl2N4O5S/c1-14-5-3-6-18(9-14)36(33,34)30-12-17(28-15(2)31)13-35-24-21(30)10-16(11-27-24)29-23(32)22-19(25)7-4-8-20(22)26/h3-11,17H,12-13H2,1-2H3,(H,28,31)(H,29,32). The monoisotopic (exact) mass is 548 g/mol. The molecule has 36 heavy (non-hydrogen) atoms. The number of halogens is 2. The maximum absolute atomic E-state index is 13.7. The minimum Gasteiger partial charge on any atom is -0.474 e. The Labute approximate surface area is 218 Å². The molecule has 2 amide bonds. The van der Waals surface area contributed by atoms with Gasteiger partial charge in [0.05, 0.1) is 45.0 Å². The van der Waals surface area contributed by atoms with Gasteiger partial charge in [-0.05, 0) is 42.8 Å². The van der Waals surface area contributed by atoms with Crippen LogP contribution in [-0.4, -0.2) is 44.4 Å². The Morgan fingerprint density at radius 3 is 2.47 bits per heavy atom. The smallest absolute Gasteiger partial charge is 0.264 e. The Morgan fingerprint density at radius 2 is 1.81 bits per heavy atom. The van der Waals surface area contributed by atoms with E-state index in [0.717, 1.165) is 9.87 Å². The Hall–Kier alpha value is -3.34. The van der Waals surface area contributed by atoms with E-state index in [1.54, 1.807) is 31.2 Å². The van der Waals surface area contributed by atoms with Crippen LogP contribution in [0.15, 0.2) is 59.6 Å². The largest absolute Gasteiger partial charge is 0.474 e. The molecule has 3 aromatic rings. The van der Waals surface area contributed by atoms with Crippen molar-refractivity contribution >= 4 is 56.4 Å². The molecule has 0 aliphatic carbocycles. The molecular weight excluding hydrogens is 527 g/mol. The molecule has 0 radical (unpaired) electrons. The second-order valence-electron chi connectivity index (χ2n) is 8.16. The van der Waals surface area contributed by atoms with Crippen molar-refractivity contribution < 1.29 is 22.7 Å². The van der Waals surface area contributed by atoms with Crippen molar-refractivity contribution in [1.82, 2.24) is 10.3 Å². The van der Waals surface area contributed by atoms with Crippen molar-refractivity contribution in [3.63, 3.8) is 0 Å². The maximum atomic E-state index is 13.7. The fraction of sp³-hybridized carbons (Fsp3) is 0.208. The highest BCUT2D eigenvalue weighted by Gasteiger charge is 2.34. The average Bonchev–Trinajstić information content (AvgIpc) is 2.98. The summed E-state index contributed by atoms with van der Waals surface area (Å²) in [7, 11) is -4.09. The zero-order chi connectivity index (χ0) is 26.0. The molecule has 0 fully saturated rings. The molecule has 2 N–H and O–H groups in total. The topological polar surface area (TPSA) is 118 Å². The van der Waals surface area contributed by atoms with Crippen molar-refractivity contribution in [3.05, 3.63) is 75.9 Å². The summed E-state index contributed by atoms with van der Waals surface area (Å²) in [6, 6.07) is 11.9. The van der Waals surface area contributed by atoms with E-state index < -0.39 is 22.0 Å². The predicted molar refractivity (Wildman–Crippen MR) is 137 cm³/mol. The molecule has 9 nitrogen and oxygen atoms in total. The van der Waals surface area contributed by atoms with E-state index in [9.17, 15) is 18.0 Å². The summed E-state index contributed by atoms with van der Waals surface area (Å²) in [5, 5.41) is 5.68. The van der Waals surface area contributed by atoms with Crippen LogP contribution in [0.4, 0.5) is 11.4 Å². The summed E-state index contributed by atoms with van der Waals surface area (Å²) in [6.45, 7) is 3.01. The first-order chi connectivity index (χ1) is 17.1. The van der Waals surface area contributed by atoms with Crippen molar-refractivity contribution in [2.24, 2.45) is 0 Å². The SMILES string of the molecule is CC(=O)NC1COc2ncc(NC(=O)c3c(Cl)cccc3Cl)cc2N(S(=O)(=O)c2cccc(C)c2)C1. The van der Waals surface area contributed by atoms with Crippen LogP contribution in [-0.2, 0) is 14.8 Å². The molecular formula is C24H22Cl2N4O5S. The molecule has 1 aliphatic rings. The van der Waals surface area contributed by atoms with Crippen LogP contribution in [0.25, 0.3) is 0 Å². The van der Waals surface area contributed by atoms with Crippen LogP contribution in [0.1, 0.15) is 22.8 Å². The van der Waals surface area contributed by atoms with Gasteiger partial charge >= 0.3 is 0 Å². The lowest BCUT2D eigenvalue weighted by Crippen LogP contribution is -2.46. The third kappa shape index (κ3) is 5.40. The molecule has 0 saturated heterocycles. The lowest BCUT2D eigenvalue weighted by atomic mass is 10.2. The lowest BCUT2D eigenvalue weighted by molar-refractivity contribution is -0.119. The van der Waals surface area contributed by atoms with Crippen molar-refractivity contribution in [2.45, 2.75) is 24.8 Å². The highest BCUT2D eigenvalue weighted by Crippen LogP contribution is 2.36. The zero-order valence-corrected chi connectivity index (χ0v) is 21.6. The number of anilines is 2. The molecule has 0 spiro atoms. The zero-order valence-electron chi connectivity index (χ0n) is 19.3. The Balaban J connectivity index is 1.76. The number of nitrogens with one attached hydrogen (secondary N) is 2. The highest BCUT2D eigenvalue weighted by atomic mass is 35.5. The number of carbonyl (C=O) groups excluding carboxylic acids is 2. The molecule has 2 heterocycles. The molecule has 188 valence electrons. The summed E-state index contributed by atoms with van der Waals surface area (Å²) >= 11 is 12.3. The number of carbonyl (C=O) groups is 2. The quantitative estimate of drug-likeness (QED) is 0.496. The lowest BCUT2D eigenvalue weighted by Gasteiger charge is -2.26.